The standard InChI is InChI=1S/C24H43N3O10/c1-6-7-21(31)35-14-12-26(17-23(33)37-24(2,3)4)13-15-36-22(32)8-9-27(18-34-19-28)11-10-25(5)16-20(29)30/h19H,6-18H2,1-5H3,(H,29,30). The van der Waals surface area contributed by atoms with Gasteiger partial charge >= 0.3 is 23.9 Å². The maximum absolute atomic E-state index is 12.2. The summed E-state index contributed by atoms with van der Waals surface area (Å²) in [6.07, 6.45) is 1.01. The summed E-state index contributed by atoms with van der Waals surface area (Å²) < 4.78 is 20.6. The average Bonchev–Trinajstić information content (AvgIpc) is 2.76. The third-order valence-electron chi connectivity index (χ3n) is 4.73. The van der Waals surface area contributed by atoms with E-state index in [2.05, 4.69) is 0 Å². The van der Waals surface area contributed by atoms with Crippen LogP contribution in [0.15, 0.2) is 0 Å². The molecular weight excluding hydrogens is 490 g/mol. The second kappa shape index (κ2) is 19.4. The van der Waals surface area contributed by atoms with Crippen LogP contribution in [0.3, 0.4) is 0 Å². The summed E-state index contributed by atoms with van der Waals surface area (Å²) >= 11 is 0. The Morgan fingerprint density at radius 1 is 0.811 bits per heavy atom. The van der Waals surface area contributed by atoms with Crippen LogP contribution in [-0.4, -0.2) is 129 Å². The van der Waals surface area contributed by atoms with Crippen molar-refractivity contribution in [2.24, 2.45) is 0 Å². The fourth-order valence-corrected chi connectivity index (χ4v) is 3.00. The first-order valence-electron chi connectivity index (χ1n) is 12.3. The van der Waals surface area contributed by atoms with Gasteiger partial charge in [0, 0.05) is 39.1 Å². The van der Waals surface area contributed by atoms with Gasteiger partial charge in [-0.1, -0.05) is 6.92 Å². The molecule has 0 aromatic rings. The Kier molecular flexibility index (Phi) is 17.9. The van der Waals surface area contributed by atoms with E-state index in [1.165, 1.54) is 0 Å². The largest absolute Gasteiger partial charge is 0.480 e. The third-order valence-corrected chi connectivity index (χ3v) is 4.73. The Bertz CT molecular complexity index is 711. The van der Waals surface area contributed by atoms with Crippen molar-refractivity contribution >= 4 is 30.3 Å². The molecule has 0 rings (SSSR count). The van der Waals surface area contributed by atoms with Crippen molar-refractivity contribution in [1.82, 2.24) is 14.7 Å². The van der Waals surface area contributed by atoms with Gasteiger partial charge in [0.15, 0.2) is 0 Å². The first-order valence-corrected chi connectivity index (χ1v) is 12.3. The lowest BCUT2D eigenvalue weighted by Crippen LogP contribution is -2.39. The van der Waals surface area contributed by atoms with Crippen LogP contribution < -0.4 is 0 Å². The maximum Gasteiger partial charge on any atom is 0.320 e. The number of carboxylic acids is 1. The second-order valence-electron chi connectivity index (χ2n) is 9.45. The molecular formula is C24H43N3O10. The summed E-state index contributed by atoms with van der Waals surface area (Å²) in [4.78, 5) is 62.4. The Balaban J connectivity index is 4.67. The Morgan fingerprint density at radius 2 is 1.41 bits per heavy atom. The van der Waals surface area contributed by atoms with Crippen molar-refractivity contribution < 1.29 is 48.0 Å². The number of rotatable bonds is 21. The van der Waals surface area contributed by atoms with Gasteiger partial charge in [0.05, 0.1) is 19.5 Å². The lowest BCUT2D eigenvalue weighted by Gasteiger charge is -2.25. The van der Waals surface area contributed by atoms with Gasteiger partial charge in [0.1, 0.15) is 25.5 Å². The minimum Gasteiger partial charge on any atom is -0.480 e. The molecule has 13 nitrogen and oxygen atoms in total. The van der Waals surface area contributed by atoms with Crippen molar-refractivity contribution in [3.8, 4) is 0 Å². The van der Waals surface area contributed by atoms with Crippen molar-refractivity contribution in [2.45, 2.75) is 52.6 Å². The molecule has 214 valence electrons. The van der Waals surface area contributed by atoms with E-state index in [0.29, 0.717) is 32.4 Å². The first-order chi connectivity index (χ1) is 17.4. The molecule has 0 amide bonds. The molecule has 0 spiro atoms. The number of carboxylic acid groups (broad SMARTS) is 1. The zero-order valence-corrected chi connectivity index (χ0v) is 22.7. The van der Waals surface area contributed by atoms with Gasteiger partial charge in [-0.3, -0.25) is 38.7 Å². The molecule has 0 unspecified atom stereocenters. The fraction of sp³-hybridized carbons (Fsp3) is 0.792. The van der Waals surface area contributed by atoms with Crippen LogP contribution in [0.1, 0.15) is 47.0 Å². The van der Waals surface area contributed by atoms with Crippen LogP contribution in [0.4, 0.5) is 0 Å². The van der Waals surface area contributed by atoms with E-state index in [1.807, 2.05) is 6.92 Å². The van der Waals surface area contributed by atoms with Crippen molar-refractivity contribution in [3.05, 3.63) is 0 Å². The minimum atomic E-state index is -0.957. The van der Waals surface area contributed by atoms with Gasteiger partial charge in [0.2, 0.25) is 0 Å². The SMILES string of the molecule is CCCC(=O)OCCN(CCOC(=O)CCN(CCN(C)CC(=O)O)COC=O)CC(=O)OC(C)(C)C. The monoisotopic (exact) mass is 533 g/mol. The molecule has 0 aromatic carbocycles. The lowest BCUT2D eigenvalue weighted by molar-refractivity contribution is -0.156. The molecule has 0 atom stereocenters. The normalized spacial score (nSPS) is 11.5. The van der Waals surface area contributed by atoms with Crippen LogP contribution in [-0.2, 0) is 42.9 Å². The van der Waals surface area contributed by atoms with Crippen molar-refractivity contribution in [1.29, 1.82) is 0 Å². The third kappa shape index (κ3) is 21.1. The van der Waals surface area contributed by atoms with E-state index in [-0.39, 0.29) is 65.1 Å². The summed E-state index contributed by atoms with van der Waals surface area (Å²) in [7, 11) is 1.65. The van der Waals surface area contributed by atoms with Crippen molar-refractivity contribution in [3.63, 3.8) is 0 Å². The highest BCUT2D eigenvalue weighted by atomic mass is 16.6. The highest BCUT2D eigenvalue weighted by Crippen LogP contribution is 2.07. The number of likely N-dealkylation sites (N-methyl/N-ethyl adjacent to an activating group) is 1. The molecule has 0 saturated carbocycles. The van der Waals surface area contributed by atoms with E-state index in [1.54, 1.807) is 42.5 Å². The molecule has 0 fully saturated rings. The molecule has 13 heteroatoms. The predicted octanol–water partition coefficient (Wildman–Crippen LogP) is 0.356. The van der Waals surface area contributed by atoms with Crippen molar-refractivity contribution in [2.75, 3.05) is 72.8 Å². The van der Waals surface area contributed by atoms with Gasteiger partial charge in [0.25, 0.3) is 6.47 Å². The zero-order valence-electron chi connectivity index (χ0n) is 22.7. The molecule has 0 radical (unpaired) electrons. The second-order valence-corrected chi connectivity index (χ2v) is 9.45. The van der Waals surface area contributed by atoms with E-state index >= 15 is 0 Å². The number of nitrogens with zero attached hydrogens (tertiary/aromatic N) is 3. The van der Waals surface area contributed by atoms with Crippen LogP contribution in [0.25, 0.3) is 0 Å². The topological polar surface area (TPSA) is 152 Å². The summed E-state index contributed by atoms with van der Waals surface area (Å²) in [6, 6.07) is 0. The van der Waals surface area contributed by atoms with Gasteiger partial charge in [-0.2, -0.15) is 0 Å². The molecule has 0 aliphatic heterocycles. The number of hydrogen-bond acceptors (Lipinski definition) is 12. The molecule has 0 aliphatic rings. The van der Waals surface area contributed by atoms with E-state index in [9.17, 15) is 24.0 Å². The van der Waals surface area contributed by atoms with Gasteiger partial charge in [-0.25, -0.2) is 0 Å². The van der Waals surface area contributed by atoms with E-state index in [0.717, 1.165) is 0 Å². The summed E-state index contributed by atoms with van der Waals surface area (Å²) in [6.45, 7) is 8.84. The number of ether oxygens (including phenoxy) is 4. The molecule has 0 aliphatic carbocycles. The molecule has 1 N–H and O–H groups in total. The molecule has 37 heavy (non-hydrogen) atoms. The van der Waals surface area contributed by atoms with Crippen LogP contribution in [0, 0.1) is 0 Å². The fourth-order valence-electron chi connectivity index (χ4n) is 3.00. The minimum absolute atomic E-state index is 0.0106. The Hall–Kier alpha value is -2.77. The molecule has 0 saturated heterocycles. The summed E-state index contributed by atoms with van der Waals surface area (Å²) in [5.74, 6) is -2.20. The van der Waals surface area contributed by atoms with Crippen LogP contribution >= 0.6 is 0 Å². The van der Waals surface area contributed by atoms with Crippen LogP contribution in [0.5, 0.6) is 0 Å². The average molecular weight is 534 g/mol. The highest BCUT2D eigenvalue weighted by Gasteiger charge is 2.20. The van der Waals surface area contributed by atoms with E-state index in [4.69, 9.17) is 24.1 Å². The van der Waals surface area contributed by atoms with Crippen LogP contribution in [0.2, 0.25) is 0 Å². The number of esters is 3. The number of carbonyl (C=O) groups is 5. The summed E-state index contributed by atoms with van der Waals surface area (Å²) in [5.41, 5.74) is -0.648. The van der Waals surface area contributed by atoms with Gasteiger partial charge in [-0.05, 0) is 34.2 Å². The predicted molar refractivity (Wildman–Crippen MR) is 132 cm³/mol. The van der Waals surface area contributed by atoms with Gasteiger partial charge < -0.3 is 24.1 Å². The number of carbonyl (C=O) groups excluding carboxylic acids is 4. The highest BCUT2D eigenvalue weighted by molar-refractivity contribution is 5.72. The summed E-state index contributed by atoms with van der Waals surface area (Å²) in [5, 5.41) is 8.84. The molecule has 0 aromatic heterocycles. The first kappa shape index (κ1) is 34.2. The number of hydrogen-bond donors (Lipinski definition) is 1. The number of aliphatic carboxylic acids is 1. The maximum atomic E-state index is 12.2. The van der Waals surface area contributed by atoms with Gasteiger partial charge in [-0.15, -0.1) is 0 Å². The molecule has 0 bridgehead atoms. The van der Waals surface area contributed by atoms with E-state index < -0.39 is 23.5 Å². The smallest absolute Gasteiger partial charge is 0.320 e. The lowest BCUT2D eigenvalue weighted by atomic mass is 10.2. The Morgan fingerprint density at radius 3 is 1.92 bits per heavy atom. The quantitative estimate of drug-likeness (QED) is 0.0936. The Labute approximate surface area is 218 Å². The molecule has 0 heterocycles. The zero-order chi connectivity index (χ0) is 28.3.